The molecule has 0 heterocycles. The summed E-state index contributed by atoms with van der Waals surface area (Å²) in [6, 6.07) is 0.965. The zero-order chi connectivity index (χ0) is 10.7. The van der Waals surface area contributed by atoms with Crippen molar-refractivity contribution < 1.29 is 5.11 Å². The maximum atomic E-state index is 9.74. The van der Waals surface area contributed by atoms with Crippen LogP contribution >= 0.6 is 0 Å². The number of hydrogen-bond acceptors (Lipinski definition) is 2. The van der Waals surface area contributed by atoms with E-state index in [-0.39, 0.29) is 6.10 Å². The predicted octanol–water partition coefficient (Wildman–Crippen LogP) is 2.46. The lowest BCUT2D eigenvalue weighted by Gasteiger charge is -2.24. The zero-order valence-electron chi connectivity index (χ0n) is 9.91. The molecule has 0 radical (unpaired) electrons. The van der Waals surface area contributed by atoms with Crippen LogP contribution in [-0.2, 0) is 0 Å². The highest BCUT2D eigenvalue weighted by Gasteiger charge is 2.27. The molecule has 0 aromatic heterocycles. The maximum Gasteiger partial charge on any atom is 0.0693 e. The molecule has 0 amide bonds. The lowest BCUT2D eigenvalue weighted by Crippen LogP contribution is -2.41. The summed E-state index contributed by atoms with van der Waals surface area (Å²) in [6.07, 6.45) is 10.3. The minimum absolute atomic E-state index is 0.0870. The van der Waals surface area contributed by atoms with Gasteiger partial charge in [-0.3, -0.25) is 0 Å². The fraction of sp³-hybridized carbons (Fsp3) is 1.00. The Kier molecular flexibility index (Phi) is 4.04. The van der Waals surface area contributed by atoms with E-state index < -0.39 is 0 Å². The molecule has 2 saturated carbocycles. The van der Waals surface area contributed by atoms with Crippen molar-refractivity contribution in [1.29, 1.82) is 0 Å². The van der Waals surface area contributed by atoms with Gasteiger partial charge in [-0.15, -0.1) is 0 Å². The van der Waals surface area contributed by atoms with Crippen molar-refractivity contribution in [2.75, 3.05) is 0 Å². The highest BCUT2D eigenvalue weighted by molar-refractivity contribution is 4.85. The van der Waals surface area contributed by atoms with Gasteiger partial charge in [-0.05, 0) is 38.5 Å². The van der Waals surface area contributed by atoms with Gasteiger partial charge in [0.05, 0.1) is 6.10 Å². The van der Waals surface area contributed by atoms with Crippen LogP contribution in [0, 0.1) is 5.92 Å². The largest absolute Gasteiger partial charge is 0.392 e. The predicted molar refractivity (Wildman–Crippen MR) is 62.8 cm³/mol. The van der Waals surface area contributed by atoms with Crippen molar-refractivity contribution in [3.05, 3.63) is 0 Å². The van der Waals surface area contributed by atoms with Gasteiger partial charge in [0.15, 0.2) is 0 Å². The van der Waals surface area contributed by atoms with Crippen molar-refractivity contribution in [3.8, 4) is 0 Å². The zero-order valence-corrected chi connectivity index (χ0v) is 9.91. The molecule has 0 aromatic carbocycles. The second kappa shape index (κ2) is 5.31. The van der Waals surface area contributed by atoms with Crippen LogP contribution < -0.4 is 5.32 Å². The van der Waals surface area contributed by atoms with E-state index in [2.05, 4.69) is 12.2 Å². The van der Waals surface area contributed by atoms with E-state index in [9.17, 15) is 5.11 Å². The van der Waals surface area contributed by atoms with Crippen LogP contribution in [0.15, 0.2) is 0 Å². The molecular weight excluding hydrogens is 186 g/mol. The first kappa shape index (κ1) is 11.4. The van der Waals surface area contributed by atoms with Gasteiger partial charge in [-0.1, -0.05) is 25.7 Å². The smallest absolute Gasteiger partial charge is 0.0693 e. The molecule has 2 nitrogen and oxygen atoms in total. The standard InChI is InChI=1S/C13H25NO/c1-10(9-11-5-2-3-6-11)14-12-7-4-8-13(12)15/h10-15H,2-9H2,1H3. The normalized spacial score (nSPS) is 34.8. The molecule has 0 aromatic rings. The molecule has 2 fully saturated rings. The Morgan fingerprint density at radius 3 is 2.47 bits per heavy atom. The summed E-state index contributed by atoms with van der Waals surface area (Å²) in [4.78, 5) is 0. The Morgan fingerprint density at radius 2 is 1.87 bits per heavy atom. The molecule has 0 spiro atoms. The van der Waals surface area contributed by atoms with Crippen molar-refractivity contribution in [2.45, 2.75) is 76.5 Å². The third-order valence-corrected chi connectivity index (χ3v) is 4.14. The minimum Gasteiger partial charge on any atom is -0.392 e. The summed E-state index contributed by atoms with van der Waals surface area (Å²) in [5.41, 5.74) is 0. The third kappa shape index (κ3) is 3.18. The fourth-order valence-corrected chi connectivity index (χ4v) is 3.31. The first-order valence-corrected chi connectivity index (χ1v) is 6.70. The number of nitrogens with one attached hydrogen (secondary N) is 1. The van der Waals surface area contributed by atoms with E-state index in [1.807, 2.05) is 0 Å². The Hall–Kier alpha value is -0.0800. The fourth-order valence-electron chi connectivity index (χ4n) is 3.31. The molecule has 2 aliphatic carbocycles. The van der Waals surface area contributed by atoms with Crippen molar-refractivity contribution in [3.63, 3.8) is 0 Å². The monoisotopic (exact) mass is 211 g/mol. The van der Waals surface area contributed by atoms with Gasteiger partial charge >= 0.3 is 0 Å². The molecule has 0 aliphatic heterocycles. The highest BCUT2D eigenvalue weighted by Crippen LogP contribution is 2.29. The van der Waals surface area contributed by atoms with Crippen molar-refractivity contribution in [2.24, 2.45) is 5.92 Å². The van der Waals surface area contributed by atoms with Crippen molar-refractivity contribution >= 4 is 0 Å². The SMILES string of the molecule is CC(CC1CCCC1)NC1CCCC1O. The highest BCUT2D eigenvalue weighted by atomic mass is 16.3. The molecule has 3 atom stereocenters. The van der Waals surface area contributed by atoms with Crippen LogP contribution in [-0.4, -0.2) is 23.3 Å². The van der Waals surface area contributed by atoms with Crippen LogP contribution in [0.4, 0.5) is 0 Å². The van der Waals surface area contributed by atoms with Gasteiger partial charge in [0, 0.05) is 12.1 Å². The molecule has 88 valence electrons. The van der Waals surface area contributed by atoms with Crippen LogP contribution in [0.25, 0.3) is 0 Å². The first-order chi connectivity index (χ1) is 7.25. The van der Waals surface area contributed by atoms with E-state index in [0.29, 0.717) is 12.1 Å². The Morgan fingerprint density at radius 1 is 1.13 bits per heavy atom. The summed E-state index contributed by atoms with van der Waals surface area (Å²) in [5, 5.41) is 13.3. The topological polar surface area (TPSA) is 32.3 Å². The molecule has 2 aliphatic rings. The number of hydrogen-bond donors (Lipinski definition) is 2. The molecule has 2 heteroatoms. The van der Waals surface area contributed by atoms with Crippen LogP contribution in [0.2, 0.25) is 0 Å². The van der Waals surface area contributed by atoms with E-state index in [1.165, 1.54) is 38.5 Å². The first-order valence-electron chi connectivity index (χ1n) is 6.70. The molecule has 15 heavy (non-hydrogen) atoms. The van der Waals surface area contributed by atoms with Gasteiger partial charge in [-0.2, -0.15) is 0 Å². The van der Waals surface area contributed by atoms with Gasteiger partial charge in [0.2, 0.25) is 0 Å². The van der Waals surface area contributed by atoms with E-state index >= 15 is 0 Å². The van der Waals surface area contributed by atoms with Crippen LogP contribution in [0.1, 0.15) is 58.3 Å². The Labute approximate surface area is 93.5 Å². The molecule has 3 unspecified atom stereocenters. The van der Waals surface area contributed by atoms with Gasteiger partial charge in [0.1, 0.15) is 0 Å². The minimum atomic E-state index is -0.0870. The molecule has 0 bridgehead atoms. The van der Waals surface area contributed by atoms with Gasteiger partial charge in [0.25, 0.3) is 0 Å². The average molecular weight is 211 g/mol. The van der Waals surface area contributed by atoms with E-state index in [0.717, 1.165) is 18.8 Å². The molecule has 2 N–H and O–H groups in total. The number of aliphatic hydroxyl groups is 1. The Bertz CT molecular complexity index is 189. The second-order valence-electron chi connectivity index (χ2n) is 5.56. The molecule has 2 rings (SSSR count). The second-order valence-corrected chi connectivity index (χ2v) is 5.56. The summed E-state index contributed by atoms with van der Waals surface area (Å²) in [6.45, 7) is 2.28. The van der Waals surface area contributed by atoms with Crippen LogP contribution in [0.3, 0.4) is 0 Å². The summed E-state index contributed by atoms with van der Waals surface area (Å²) < 4.78 is 0. The van der Waals surface area contributed by atoms with Crippen LogP contribution in [0.5, 0.6) is 0 Å². The summed E-state index contributed by atoms with van der Waals surface area (Å²) >= 11 is 0. The summed E-state index contributed by atoms with van der Waals surface area (Å²) in [7, 11) is 0. The lowest BCUT2D eigenvalue weighted by atomic mass is 9.98. The maximum absolute atomic E-state index is 9.74. The van der Waals surface area contributed by atoms with Gasteiger partial charge in [-0.25, -0.2) is 0 Å². The number of rotatable bonds is 4. The quantitative estimate of drug-likeness (QED) is 0.748. The lowest BCUT2D eigenvalue weighted by molar-refractivity contribution is 0.141. The molecule has 0 saturated heterocycles. The third-order valence-electron chi connectivity index (χ3n) is 4.14. The number of aliphatic hydroxyl groups excluding tert-OH is 1. The van der Waals surface area contributed by atoms with Crippen molar-refractivity contribution in [1.82, 2.24) is 5.32 Å². The molecular formula is C13H25NO. The van der Waals surface area contributed by atoms with E-state index in [1.54, 1.807) is 0 Å². The summed E-state index contributed by atoms with van der Waals surface area (Å²) in [5.74, 6) is 0.950. The van der Waals surface area contributed by atoms with Gasteiger partial charge < -0.3 is 10.4 Å². The average Bonchev–Trinajstić information content (AvgIpc) is 2.79. The Balaban J connectivity index is 1.69. The van der Waals surface area contributed by atoms with E-state index in [4.69, 9.17) is 0 Å².